The number of carbonyl (C=O) groups excluding carboxylic acids is 1. The molecule has 0 unspecified atom stereocenters. The predicted octanol–water partition coefficient (Wildman–Crippen LogP) is 1.30. The number of amides is 1. The van der Waals surface area contributed by atoms with Crippen LogP contribution in [0.2, 0.25) is 0 Å². The normalized spacial score (nSPS) is 15.7. The van der Waals surface area contributed by atoms with E-state index in [1.54, 1.807) is 19.2 Å². The summed E-state index contributed by atoms with van der Waals surface area (Å²) in [6.07, 6.45) is 5.78. The van der Waals surface area contributed by atoms with E-state index in [1.165, 1.54) is 6.07 Å². The summed E-state index contributed by atoms with van der Waals surface area (Å²) in [5, 5.41) is 3.02. The van der Waals surface area contributed by atoms with Gasteiger partial charge in [-0.2, -0.15) is 0 Å². The zero-order valence-corrected chi connectivity index (χ0v) is 12.1. The van der Waals surface area contributed by atoms with Gasteiger partial charge in [-0.15, -0.1) is 0 Å². The summed E-state index contributed by atoms with van der Waals surface area (Å²) in [7, 11) is 1.92. The third-order valence-corrected chi connectivity index (χ3v) is 3.76. The molecule has 0 radical (unpaired) electrons. The third kappa shape index (κ3) is 2.89. The first kappa shape index (κ1) is 13.6. The van der Waals surface area contributed by atoms with Gasteiger partial charge in [-0.25, -0.2) is 4.98 Å². The summed E-state index contributed by atoms with van der Waals surface area (Å²) >= 11 is 0. The van der Waals surface area contributed by atoms with Gasteiger partial charge in [-0.1, -0.05) is 0 Å². The Labute approximate surface area is 122 Å². The fraction of sp³-hybridized carbons (Fsp3) is 0.400. The van der Waals surface area contributed by atoms with Crippen molar-refractivity contribution in [2.75, 3.05) is 0 Å². The van der Waals surface area contributed by atoms with Crippen molar-refractivity contribution in [3.63, 3.8) is 0 Å². The smallest absolute Gasteiger partial charge is 0.252 e. The average Bonchev–Trinajstić information content (AvgIpc) is 3.17. The number of nitrogens with one attached hydrogen (secondary N) is 2. The molecule has 0 spiro atoms. The fourth-order valence-electron chi connectivity index (χ4n) is 2.54. The lowest BCUT2D eigenvalue weighted by Gasteiger charge is -2.18. The van der Waals surface area contributed by atoms with E-state index in [0.29, 0.717) is 17.2 Å². The Morgan fingerprint density at radius 2 is 2.24 bits per heavy atom. The first-order chi connectivity index (χ1) is 10.0. The first-order valence-electron chi connectivity index (χ1n) is 7.03. The average molecular weight is 286 g/mol. The Bertz CT molecular complexity index is 727. The summed E-state index contributed by atoms with van der Waals surface area (Å²) in [6.45, 7) is 1.76. The van der Waals surface area contributed by atoms with Crippen LogP contribution in [0.15, 0.2) is 29.3 Å². The van der Waals surface area contributed by atoms with Crippen molar-refractivity contribution in [3.05, 3.63) is 52.0 Å². The van der Waals surface area contributed by atoms with Crippen molar-refractivity contribution in [3.8, 4) is 0 Å². The van der Waals surface area contributed by atoms with Crippen LogP contribution >= 0.6 is 0 Å². The number of hydrogen-bond acceptors (Lipinski definition) is 3. The van der Waals surface area contributed by atoms with Crippen molar-refractivity contribution >= 4 is 5.91 Å². The van der Waals surface area contributed by atoms with Crippen LogP contribution in [0.1, 0.15) is 40.8 Å². The van der Waals surface area contributed by atoms with Crippen LogP contribution in [0, 0.1) is 12.8 Å². The molecule has 110 valence electrons. The molecule has 2 aromatic rings. The highest BCUT2D eigenvalue weighted by Gasteiger charge is 2.35. The number of aromatic nitrogens is 3. The number of hydrogen-bond donors (Lipinski definition) is 2. The largest absolute Gasteiger partial charge is 0.342 e. The number of rotatable bonds is 4. The molecule has 2 N–H and O–H groups in total. The summed E-state index contributed by atoms with van der Waals surface area (Å²) < 4.78 is 1.92. The summed E-state index contributed by atoms with van der Waals surface area (Å²) in [4.78, 5) is 30.9. The molecule has 3 rings (SSSR count). The molecule has 0 aromatic carbocycles. The van der Waals surface area contributed by atoms with Crippen LogP contribution in [0.5, 0.6) is 0 Å². The lowest BCUT2D eigenvalue weighted by molar-refractivity contribution is 0.0928. The van der Waals surface area contributed by atoms with E-state index in [0.717, 1.165) is 18.7 Å². The lowest BCUT2D eigenvalue weighted by Crippen LogP contribution is -2.32. The quantitative estimate of drug-likeness (QED) is 0.889. The summed E-state index contributed by atoms with van der Waals surface area (Å²) in [5.74, 6) is 1.05. The van der Waals surface area contributed by atoms with E-state index in [4.69, 9.17) is 0 Å². The van der Waals surface area contributed by atoms with Crippen LogP contribution in [0.3, 0.4) is 0 Å². The maximum atomic E-state index is 12.4. The molecule has 0 aliphatic heterocycles. The molecular weight excluding hydrogens is 268 g/mol. The van der Waals surface area contributed by atoms with Crippen LogP contribution in [0.4, 0.5) is 0 Å². The molecule has 1 fully saturated rings. The highest BCUT2D eigenvalue weighted by Crippen LogP contribution is 2.40. The highest BCUT2D eigenvalue weighted by molar-refractivity contribution is 5.94. The van der Waals surface area contributed by atoms with Gasteiger partial charge in [-0.3, -0.25) is 9.59 Å². The molecule has 21 heavy (non-hydrogen) atoms. The summed E-state index contributed by atoms with van der Waals surface area (Å²) in [5.41, 5.74) is 0.795. The van der Waals surface area contributed by atoms with E-state index in [2.05, 4.69) is 15.3 Å². The molecule has 1 saturated carbocycles. The van der Waals surface area contributed by atoms with Crippen molar-refractivity contribution in [2.24, 2.45) is 13.0 Å². The second-order valence-corrected chi connectivity index (χ2v) is 5.60. The minimum Gasteiger partial charge on any atom is -0.342 e. The van der Waals surface area contributed by atoms with Gasteiger partial charge in [-0.05, 0) is 31.7 Å². The van der Waals surface area contributed by atoms with Gasteiger partial charge < -0.3 is 14.9 Å². The molecular formula is C15H18N4O2. The van der Waals surface area contributed by atoms with Gasteiger partial charge in [0.05, 0.1) is 6.04 Å². The third-order valence-electron chi connectivity index (χ3n) is 3.76. The maximum absolute atomic E-state index is 12.4. The lowest BCUT2D eigenvalue weighted by atomic mass is 10.1. The van der Waals surface area contributed by atoms with Gasteiger partial charge in [0, 0.05) is 36.8 Å². The molecule has 1 aliphatic carbocycles. The van der Waals surface area contributed by atoms with Gasteiger partial charge >= 0.3 is 0 Å². The predicted molar refractivity (Wildman–Crippen MR) is 77.9 cm³/mol. The second-order valence-electron chi connectivity index (χ2n) is 5.60. The van der Waals surface area contributed by atoms with E-state index < -0.39 is 0 Å². The molecule has 0 bridgehead atoms. The molecule has 1 amide bonds. The van der Waals surface area contributed by atoms with Crippen LogP contribution in [-0.2, 0) is 7.05 Å². The monoisotopic (exact) mass is 286 g/mol. The van der Waals surface area contributed by atoms with Crippen molar-refractivity contribution < 1.29 is 4.79 Å². The molecule has 6 heteroatoms. The Balaban J connectivity index is 1.84. The second kappa shape index (κ2) is 5.20. The standard InChI is InChI=1S/C15H18N4O2/c1-9-7-11(8-12(20)17-9)15(21)18-13(10-3-4-10)14-16-5-6-19(14)2/h5-8,10,13H,3-4H2,1-2H3,(H,17,20)(H,18,21)/t13-/m1/s1. The summed E-state index contributed by atoms with van der Waals surface area (Å²) in [6, 6.07) is 2.90. The minimum absolute atomic E-state index is 0.0999. The topological polar surface area (TPSA) is 79.8 Å². The zero-order chi connectivity index (χ0) is 15.0. The van der Waals surface area contributed by atoms with Crippen molar-refractivity contribution in [2.45, 2.75) is 25.8 Å². The van der Waals surface area contributed by atoms with Gasteiger partial charge in [0.2, 0.25) is 5.56 Å². The first-order valence-corrected chi connectivity index (χ1v) is 7.03. The van der Waals surface area contributed by atoms with Crippen LogP contribution in [-0.4, -0.2) is 20.4 Å². The number of imidazole rings is 1. The number of carbonyl (C=O) groups is 1. The zero-order valence-electron chi connectivity index (χ0n) is 12.1. The van der Waals surface area contributed by atoms with E-state index in [9.17, 15) is 9.59 Å². The highest BCUT2D eigenvalue weighted by atomic mass is 16.2. The van der Waals surface area contributed by atoms with Crippen molar-refractivity contribution in [1.29, 1.82) is 0 Å². The number of H-pyrrole nitrogens is 1. The van der Waals surface area contributed by atoms with Gasteiger partial charge in [0.15, 0.2) is 0 Å². The molecule has 0 saturated heterocycles. The number of aromatic amines is 1. The Morgan fingerprint density at radius 1 is 1.48 bits per heavy atom. The fourth-order valence-corrected chi connectivity index (χ4v) is 2.54. The van der Waals surface area contributed by atoms with Gasteiger partial charge in [0.1, 0.15) is 5.82 Å². The van der Waals surface area contributed by atoms with E-state index in [-0.39, 0.29) is 17.5 Å². The molecule has 1 atom stereocenters. The van der Waals surface area contributed by atoms with Gasteiger partial charge in [0.25, 0.3) is 5.91 Å². The Morgan fingerprint density at radius 3 is 2.81 bits per heavy atom. The molecule has 6 nitrogen and oxygen atoms in total. The van der Waals surface area contributed by atoms with E-state index >= 15 is 0 Å². The van der Waals surface area contributed by atoms with E-state index in [1.807, 2.05) is 17.8 Å². The molecule has 1 aliphatic rings. The SMILES string of the molecule is Cc1cc(C(=O)N[C@@H](c2nccn2C)C2CC2)cc(=O)[nH]1. The van der Waals surface area contributed by atoms with Crippen LogP contribution < -0.4 is 10.9 Å². The molecule has 2 aromatic heterocycles. The minimum atomic E-state index is -0.264. The number of aryl methyl sites for hydroxylation is 2. The Hall–Kier alpha value is -2.37. The number of pyridine rings is 1. The number of nitrogens with zero attached hydrogens (tertiary/aromatic N) is 2. The van der Waals surface area contributed by atoms with Crippen molar-refractivity contribution in [1.82, 2.24) is 19.9 Å². The Kier molecular flexibility index (Phi) is 3.37. The maximum Gasteiger partial charge on any atom is 0.252 e. The molecule has 2 heterocycles. The van der Waals surface area contributed by atoms with Crippen LogP contribution in [0.25, 0.3) is 0 Å².